The molecule has 3 aromatic rings. The van der Waals surface area contributed by atoms with Crippen LogP contribution in [0, 0.1) is 0 Å². The predicted octanol–water partition coefficient (Wildman–Crippen LogP) is 3.26. The van der Waals surface area contributed by atoms with Gasteiger partial charge in [-0.1, -0.05) is 0 Å². The summed E-state index contributed by atoms with van der Waals surface area (Å²) in [6.45, 7) is 0. The van der Waals surface area contributed by atoms with Gasteiger partial charge in [-0.3, -0.25) is 0 Å². The second-order valence-corrected chi connectivity index (χ2v) is 6.15. The van der Waals surface area contributed by atoms with Gasteiger partial charge < -0.3 is 20.1 Å². The van der Waals surface area contributed by atoms with Crippen molar-refractivity contribution >= 4 is 22.9 Å². The van der Waals surface area contributed by atoms with Crippen LogP contribution in [0.1, 0.15) is 11.6 Å². The third-order valence-electron chi connectivity index (χ3n) is 4.78. The molecule has 0 saturated heterocycles. The first-order valence-electron chi connectivity index (χ1n) is 7.86. The number of rotatable bonds is 2. The number of nitrogens with zero attached hydrogens (tertiary/aromatic N) is 2. The van der Waals surface area contributed by atoms with Crippen LogP contribution >= 0.6 is 0 Å². The average Bonchev–Trinajstić information content (AvgIpc) is 3.29. The molecule has 0 saturated carbocycles. The van der Waals surface area contributed by atoms with Gasteiger partial charge >= 0.3 is 0 Å². The molecule has 6 heteroatoms. The van der Waals surface area contributed by atoms with Crippen molar-refractivity contribution in [3.8, 4) is 17.0 Å². The zero-order valence-corrected chi connectivity index (χ0v) is 13.4. The molecule has 120 valence electrons. The maximum absolute atomic E-state index is 5.36. The Labute approximate surface area is 138 Å². The summed E-state index contributed by atoms with van der Waals surface area (Å²) in [5.74, 6) is 1.77. The van der Waals surface area contributed by atoms with Crippen molar-refractivity contribution in [3.05, 3.63) is 47.8 Å². The zero-order chi connectivity index (χ0) is 16.3. The van der Waals surface area contributed by atoms with E-state index >= 15 is 0 Å². The summed E-state index contributed by atoms with van der Waals surface area (Å²) in [6, 6.07) is 8.44. The van der Waals surface area contributed by atoms with E-state index < -0.39 is 0 Å². The molecule has 1 aromatic carbocycles. The number of fused-ring (bicyclic) bond motifs is 4. The standard InChI is InChI=1S/C18H17N5O/c1-23-17-10(8-21-23)7-20-18-13(17)6-16(22-18)14-9-19-15-4-3-11(24-2)5-12(14)15/h3-9,17,19,21-22H,1-2H3. The average molecular weight is 319 g/mol. The summed E-state index contributed by atoms with van der Waals surface area (Å²) in [7, 11) is 3.73. The van der Waals surface area contributed by atoms with Crippen LogP contribution in [0.25, 0.3) is 22.2 Å². The van der Waals surface area contributed by atoms with Crippen LogP contribution in [-0.4, -0.2) is 35.3 Å². The molecule has 0 aliphatic carbocycles. The highest BCUT2D eigenvalue weighted by Crippen LogP contribution is 2.42. The lowest BCUT2D eigenvalue weighted by molar-refractivity contribution is 0.253. The Morgan fingerprint density at radius 1 is 1.25 bits per heavy atom. The highest BCUT2D eigenvalue weighted by molar-refractivity contribution is 5.96. The monoisotopic (exact) mass is 319 g/mol. The summed E-state index contributed by atoms with van der Waals surface area (Å²) in [6.07, 6.45) is 5.95. The van der Waals surface area contributed by atoms with Crippen LogP contribution < -0.4 is 10.2 Å². The van der Waals surface area contributed by atoms with E-state index in [1.54, 1.807) is 7.11 Å². The second kappa shape index (κ2) is 4.75. The Hall–Kier alpha value is -2.99. The van der Waals surface area contributed by atoms with E-state index in [1.165, 1.54) is 11.1 Å². The lowest BCUT2D eigenvalue weighted by Gasteiger charge is -2.23. The van der Waals surface area contributed by atoms with E-state index in [4.69, 9.17) is 4.74 Å². The Morgan fingerprint density at radius 3 is 3.04 bits per heavy atom. The van der Waals surface area contributed by atoms with Crippen LogP contribution in [0.15, 0.2) is 47.2 Å². The highest BCUT2D eigenvalue weighted by Gasteiger charge is 2.31. The van der Waals surface area contributed by atoms with Gasteiger partial charge in [0, 0.05) is 59.0 Å². The van der Waals surface area contributed by atoms with Crippen LogP contribution in [0.5, 0.6) is 5.75 Å². The third kappa shape index (κ3) is 1.77. The number of H-pyrrole nitrogens is 2. The number of hydrazine groups is 1. The van der Waals surface area contributed by atoms with Crippen molar-refractivity contribution in [2.24, 2.45) is 4.99 Å². The largest absolute Gasteiger partial charge is 0.497 e. The highest BCUT2D eigenvalue weighted by atomic mass is 16.5. The Morgan fingerprint density at radius 2 is 2.17 bits per heavy atom. The van der Waals surface area contributed by atoms with Gasteiger partial charge in [0.25, 0.3) is 0 Å². The number of aromatic amines is 2. The molecule has 5 rings (SSSR count). The van der Waals surface area contributed by atoms with Gasteiger partial charge in [-0.25, -0.2) is 10.0 Å². The molecule has 0 bridgehead atoms. The summed E-state index contributed by atoms with van der Waals surface area (Å²) < 4.78 is 5.36. The molecule has 3 N–H and O–H groups in total. The Balaban J connectivity index is 1.66. The van der Waals surface area contributed by atoms with Gasteiger partial charge in [-0.2, -0.15) is 0 Å². The molecule has 0 spiro atoms. The molecule has 0 radical (unpaired) electrons. The van der Waals surface area contributed by atoms with Gasteiger partial charge in [0.05, 0.1) is 13.2 Å². The molecule has 6 nitrogen and oxygen atoms in total. The fourth-order valence-electron chi connectivity index (χ4n) is 3.56. The molecule has 4 heterocycles. The molecule has 2 aliphatic heterocycles. The van der Waals surface area contributed by atoms with E-state index in [1.807, 2.05) is 37.8 Å². The van der Waals surface area contributed by atoms with Crippen LogP contribution in [-0.2, 0) is 0 Å². The SMILES string of the molecule is COc1ccc2[nH]cc(-c3cc4c([nH]3)N=CC3=CNN(C)C34)c2c1. The Kier molecular flexibility index (Phi) is 2.66. The normalized spacial score (nSPS) is 19.1. The Bertz CT molecular complexity index is 1010. The van der Waals surface area contributed by atoms with E-state index in [0.717, 1.165) is 33.7 Å². The minimum atomic E-state index is 0.197. The molecule has 2 aromatic heterocycles. The molecule has 2 aliphatic rings. The number of hydrogen-bond donors (Lipinski definition) is 3. The number of hydrogen-bond acceptors (Lipinski definition) is 4. The molecule has 1 atom stereocenters. The minimum absolute atomic E-state index is 0.197. The lowest BCUT2D eigenvalue weighted by Crippen LogP contribution is -2.29. The van der Waals surface area contributed by atoms with Gasteiger partial charge in [0.1, 0.15) is 11.6 Å². The van der Waals surface area contributed by atoms with Crippen molar-refractivity contribution in [3.63, 3.8) is 0 Å². The summed E-state index contributed by atoms with van der Waals surface area (Å²) >= 11 is 0. The van der Waals surface area contributed by atoms with Gasteiger partial charge in [0.2, 0.25) is 0 Å². The number of nitrogens with one attached hydrogen (secondary N) is 3. The molecular weight excluding hydrogens is 302 g/mol. The second-order valence-electron chi connectivity index (χ2n) is 6.15. The van der Waals surface area contributed by atoms with Gasteiger partial charge in [0.15, 0.2) is 0 Å². The molecular formula is C18H17N5O. The summed E-state index contributed by atoms with van der Waals surface area (Å²) in [5.41, 5.74) is 8.85. The predicted molar refractivity (Wildman–Crippen MR) is 94.5 cm³/mol. The maximum Gasteiger partial charge on any atom is 0.135 e. The van der Waals surface area contributed by atoms with Crippen LogP contribution in [0.2, 0.25) is 0 Å². The van der Waals surface area contributed by atoms with E-state index in [-0.39, 0.29) is 6.04 Å². The van der Waals surface area contributed by atoms with Crippen molar-refractivity contribution in [1.29, 1.82) is 0 Å². The number of likely N-dealkylation sites (N-methyl/N-ethyl adjacent to an activating group) is 1. The molecule has 0 fully saturated rings. The van der Waals surface area contributed by atoms with Crippen molar-refractivity contribution in [1.82, 2.24) is 20.4 Å². The number of methoxy groups -OCH3 is 1. The van der Waals surface area contributed by atoms with Gasteiger partial charge in [-0.15, -0.1) is 0 Å². The number of ether oxygens (including phenoxy) is 1. The lowest BCUT2D eigenvalue weighted by atomic mass is 10.00. The number of aliphatic imine (C=N–C) groups is 1. The topological polar surface area (TPSA) is 68.4 Å². The maximum atomic E-state index is 5.36. The van der Waals surface area contributed by atoms with E-state index in [0.29, 0.717) is 0 Å². The zero-order valence-electron chi connectivity index (χ0n) is 13.4. The molecule has 0 amide bonds. The first-order chi connectivity index (χ1) is 11.7. The quantitative estimate of drug-likeness (QED) is 0.679. The fourth-order valence-corrected chi connectivity index (χ4v) is 3.56. The van der Waals surface area contributed by atoms with E-state index in [9.17, 15) is 0 Å². The smallest absolute Gasteiger partial charge is 0.135 e. The third-order valence-corrected chi connectivity index (χ3v) is 4.78. The van der Waals surface area contributed by atoms with Crippen molar-refractivity contribution in [2.45, 2.75) is 6.04 Å². The first-order valence-corrected chi connectivity index (χ1v) is 7.86. The summed E-state index contributed by atoms with van der Waals surface area (Å²) in [5, 5.41) is 3.22. The van der Waals surface area contributed by atoms with Gasteiger partial charge in [-0.05, 0) is 24.3 Å². The molecule has 1 unspecified atom stereocenters. The summed E-state index contributed by atoms with van der Waals surface area (Å²) in [4.78, 5) is 11.3. The van der Waals surface area contributed by atoms with Crippen molar-refractivity contribution in [2.75, 3.05) is 14.2 Å². The van der Waals surface area contributed by atoms with Crippen LogP contribution in [0.4, 0.5) is 5.82 Å². The van der Waals surface area contributed by atoms with Crippen molar-refractivity contribution < 1.29 is 4.74 Å². The van der Waals surface area contributed by atoms with Crippen LogP contribution in [0.3, 0.4) is 0 Å². The molecule has 24 heavy (non-hydrogen) atoms. The number of aromatic nitrogens is 2. The number of benzene rings is 1. The van der Waals surface area contributed by atoms with E-state index in [2.05, 4.69) is 37.5 Å². The first kappa shape index (κ1) is 13.4. The minimum Gasteiger partial charge on any atom is -0.497 e. The fraction of sp³-hybridized carbons (Fsp3) is 0.167.